The summed E-state index contributed by atoms with van der Waals surface area (Å²) >= 11 is 0. The molecule has 0 radical (unpaired) electrons. The zero-order chi connectivity index (χ0) is 16.7. The number of hydrogen-bond acceptors (Lipinski definition) is 2. The predicted molar refractivity (Wildman–Crippen MR) is 67.0 cm³/mol. The number of benzene rings is 2. The first-order valence-electron chi connectivity index (χ1n) is 5.89. The summed E-state index contributed by atoms with van der Waals surface area (Å²) in [4.78, 5) is 0. The van der Waals surface area contributed by atoms with Crippen molar-refractivity contribution in [2.75, 3.05) is 5.73 Å². The molecule has 2 aromatic rings. The molecular formula is C14H9F6NO. The van der Waals surface area contributed by atoms with Gasteiger partial charge in [-0.3, -0.25) is 0 Å². The largest absolute Gasteiger partial charge is 0.451 e. The number of alkyl halides is 3. The average Bonchev–Trinajstić information content (AvgIpc) is 2.38. The van der Waals surface area contributed by atoms with Crippen molar-refractivity contribution in [1.82, 2.24) is 0 Å². The molecule has 2 aromatic carbocycles. The molecule has 0 heterocycles. The smallest absolute Gasteiger partial charge is 0.416 e. The maximum Gasteiger partial charge on any atom is 0.416 e. The van der Waals surface area contributed by atoms with Crippen molar-refractivity contribution < 1.29 is 31.1 Å². The van der Waals surface area contributed by atoms with Crippen LogP contribution in [0.5, 0.6) is 11.5 Å². The SMILES string of the molecule is Cc1cc(F)c(N)cc1Oc1c(F)cc(C(F)(F)F)cc1F. The van der Waals surface area contributed by atoms with Crippen LogP contribution in [0.3, 0.4) is 0 Å². The van der Waals surface area contributed by atoms with Crippen LogP contribution in [0.1, 0.15) is 11.1 Å². The Bertz CT molecular complexity index is 703. The van der Waals surface area contributed by atoms with Crippen LogP contribution in [0.25, 0.3) is 0 Å². The van der Waals surface area contributed by atoms with Crippen LogP contribution in [-0.4, -0.2) is 0 Å². The van der Waals surface area contributed by atoms with Crippen molar-refractivity contribution >= 4 is 5.69 Å². The van der Waals surface area contributed by atoms with Crippen LogP contribution in [0.2, 0.25) is 0 Å². The molecule has 0 saturated heterocycles. The standard InChI is InChI=1S/C14H9F6NO/c1-6-2-8(15)11(21)5-12(6)22-13-9(16)3-7(4-10(13)17)14(18,19)20/h2-5H,21H2,1H3. The minimum atomic E-state index is -4.89. The number of rotatable bonds is 2. The van der Waals surface area contributed by atoms with Gasteiger partial charge in [-0.25, -0.2) is 13.2 Å². The summed E-state index contributed by atoms with van der Waals surface area (Å²) in [6.07, 6.45) is -4.89. The Morgan fingerprint density at radius 1 is 0.909 bits per heavy atom. The Balaban J connectivity index is 2.45. The van der Waals surface area contributed by atoms with E-state index < -0.39 is 34.9 Å². The highest BCUT2D eigenvalue weighted by Gasteiger charge is 2.33. The number of aryl methyl sites for hydroxylation is 1. The van der Waals surface area contributed by atoms with E-state index in [-0.39, 0.29) is 29.1 Å². The molecule has 118 valence electrons. The first-order valence-corrected chi connectivity index (χ1v) is 5.89. The highest BCUT2D eigenvalue weighted by molar-refractivity contribution is 5.51. The van der Waals surface area contributed by atoms with Gasteiger partial charge in [-0.15, -0.1) is 0 Å². The molecule has 2 nitrogen and oxygen atoms in total. The van der Waals surface area contributed by atoms with Crippen molar-refractivity contribution in [3.05, 3.63) is 52.8 Å². The molecule has 0 aromatic heterocycles. The third kappa shape index (κ3) is 3.10. The molecule has 2 N–H and O–H groups in total. The molecule has 2 rings (SSSR count). The molecular weight excluding hydrogens is 312 g/mol. The van der Waals surface area contributed by atoms with Gasteiger partial charge in [0.05, 0.1) is 11.3 Å². The molecule has 0 bridgehead atoms. The lowest BCUT2D eigenvalue weighted by molar-refractivity contribution is -0.138. The lowest BCUT2D eigenvalue weighted by Crippen LogP contribution is -2.07. The quantitative estimate of drug-likeness (QED) is 0.636. The van der Waals surface area contributed by atoms with Gasteiger partial charge in [0.15, 0.2) is 17.4 Å². The van der Waals surface area contributed by atoms with E-state index in [4.69, 9.17) is 10.5 Å². The topological polar surface area (TPSA) is 35.2 Å². The van der Waals surface area contributed by atoms with E-state index in [0.29, 0.717) is 0 Å². The van der Waals surface area contributed by atoms with E-state index in [1.165, 1.54) is 6.92 Å². The van der Waals surface area contributed by atoms with Crippen LogP contribution in [0.4, 0.5) is 32.0 Å². The van der Waals surface area contributed by atoms with Gasteiger partial charge in [-0.1, -0.05) is 0 Å². The molecule has 0 atom stereocenters. The van der Waals surface area contributed by atoms with E-state index in [2.05, 4.69) is 0 Å². The molecule has 0 unspecified atom stereocenters. The van der Waals surface area contributed by atoms with Crippen molar-refractivity contribution in [2.24, 2.45) is 0 Å². The van der Waals surface area contributed by atoms with Gasteiger partial charge in [-0.2, -0.15) is 13.2 Å². The highest BCUT2D eigenvalue weighted by Crippen LogP contribution is 2.36. The van der Waals surface area contributed by atoms with Gasteiger partial charge in [0, 0.05) is 6.07 Å². The Kier molecular flexibility index (Phi) is 3.95. The first-order chi connectivity index (χ1) is 10.1. The van der Waals surface area contributed by atoms with Crippen molar-refractivity contribution in [1.29, 1.82) is 0 Å². The fourth-order valence-corrected chi connectivity index (χ4v) is 1.71. The lowest BCUT2D eigenvalue weighted by Gasteiger charge is -2.13. The summed E-state index contributed by atoms with van der Waals surface area (Å²) in [7, 11) is 0. The fraction of sp³-hybridized carbons (Fsp3) is 0.143. The summed E-state index contributed by atoms with van der Waals surface area (Å²) in [6.45, 7) is 1.39. The summed E-state index contributed by atoms with van der Waals surface area (Å²) in [6, 6.07) is 2.19. The molecule has 0 saturated carbocycles. The third-order valence-electron chi connectivity index (χ3n) is 2.83. The Morgan fingerprint density at radius 3 is 1.95 bits per heavy atom. The minimum absolute atomic E-state index is 0.112. The molecule has 22 heavy (non-hydrogen) atoms. The Hall–Kier alpha value is -2.38. The second-order valence-electron chi connectivity index (χ2n) is 4.51. The van der Waals surface area contributed by atoms with E-state index in [1.807, 2.05) is 0 Å². The highest BCUT2D eigenvalue weighted by atomic mass is 19.4. The van der Waals surface area contributed by atoms with Crippen molar-refractivity contribution in [3.8, 4) is 11.5 Å². The molecule has 0 fully saturated rings. The molecule has 8 heteroatoms. The summed E-state index contributed by atoms with van der Waals surface area (Å²) < 4.78 is 82.7. The zero-order valence-electron chi connectivity index (χ0n) is 11.1. The number of nitrogens with two attached hydrogens (primary N) is 1. The second-order valence-corrected chi connectivity index (χ2v) is 4.51. The normalized spacial score (nSPS) is 11.6. The van der Waals surface area contributed by atoms with Gasteiger partial charge in [0.2, 0.25) is 0 Å². The molecule has 0 aliphatic heterocycles. The van der Waals surface area contributed by atoms with Crippen molar-refractivity contribution in [3.63, 3.8) is 0 Å². The second kappa shape index (κ2) is 5.43. The van der Waals surface area contributed by atoms with Gasteiger partial charge < -0.3 is 10.5 Å². The lowest BCUT2D eigenvalue weighted by atomic mass is 10.1. The first kappa shape index (κ1) is 16.0. The molecule has 0 aliphatic rings. The third-order valence-corrected chi connectivity index (χ3v) is 2.83. The average molecular weight is 321 g/mol. The zero-order valence-corrected chi connectivity index (χ0v) is 11.1. The van der Waals surface area contributed by atoms with Crippen LogP contribution >= 0.6 is 0 Å². The number of ether oxygens (including phenoxy) is 1. The van der Waals surface area contributed by atoms with E-state index >= 15 is 0 Å². The summed E-state index contributed by atoms with van der Waals surface area (Å²) in [5.41, 5.74) is 3.67. The van der Waals surface area contributed by atoms with Crippen LogP contribution in [0, 0.1) is 24.4 Å². The maximum atomic E-state index is 13.7. The Morgan fingerprint density at radius 2 is 1.45 bits per heavy atom. The van der Waals surface area contributed by atoms with Gasteiger partial charge in [-0.05, 0) is 30.7 Å². The van der Waals surface area contributed by atoms with E-state index in [9.17, 15) is 26.3 Å². The predicted octanol–water partition coefficient (Wildman–Crippen LogP) is 4.81. The molecule has 0 spiro atoms. The molecule has 0 amide bonds. The van der Waals surface area contributed by atoms with Gasteiger partial charge in [0.25, 0.3) is 0 Å². The summed E-state index contributed by atoms with van der Waals surface area (Å²) in [5.74, 6) is -5.01. The van der Waals surface area contributed by atoms with E-state index in [0.717, 1.165) is 12.1 Å². The monoisotopic (exact) mass is 321 g/mol. The minimum Gasteiger partial charge on any atom is -0.451 e. The maximum absolute atomic E-state index is 13.7. The fourth-order valence-electron chi connectivity index (χ4n) is 1.71. The van der Waals surface area contributed by atoms with Gasteiger partial charge >= 0.3 is 6.18 Å². The number of nitrogen functional groups attached to an aromatic ring is 1. The van der Waals surface area contributed by atoms with Crippen molar-refractivity contribution in [2.45, 2.75) is 13.1 Å². The van der Waals surface area contributed by atoms with Crippen LogP contribution in [0.15, 0.2) is 24.3 Å². The number of hydrogen-bond donors (Lipinski definition) is 1. The molecule has 0 aliphatic carbocycles. The number of halogens is 6. The van der Waals surface area contributed by atoms with E-state index in [1.54, 1.807) is 0 Å². The Labute approximate surface area is 121 Å². The van der Waals surface area contributed by atoms with Gasteiger partial charge in [0.1, 0.15) is 11.6 Å². The number of anilines is 1. The summed E-state index contributed by atoms with van der Waals surface area (Å²) in [5, 5.41) is 0. The van der Waals surface area contributed by atoms with Crippen LogP contribution < -0.4 is 10.5 Å². The van der Waals surface area contributed by atoms with Crippen LogP contribution in [-0.2, 0) is 6.18 Å².